The normalized spacial score (nSPS) is 25.6. The van der Waals surface area contributed by atoms with Crippen molar-refractivity contribution in [2.45, 2.75) is 70.4 Å². The largest absolute Gasteiger partial charge is 0.481 e. The molecule has 1 saturated carbocycles. The van der Waals surface area contributed by atoms with Gasteiger partial charge < -0.3 is 10.4 Å². The molecule has 1 aliphatic rings. The van der Waals surface area contributed by atoms with Crippen molar-refractivity contribution < 1.29 is 9.90 Å². The maximum atomic E-state index is 10.9. The number of hydrogen-bond acceptors (Lipinski definition) is 2. The summed E-state index contributed by atoms with van der Waals surface area (Å²) in [5.41, 5.74) is 0. The third kappa shape index (κ3) is 5.21. The van der Waals surface area contributed by atoms with Crippen LogP contribution in [0.25, 0.3) is 0 Å². The van der Waals surface area contributed by atoms with E-state index in [1.807, 2.05) is 6.08 Å². The fourth-order valence-corrected chi connectivity index (χ4v) is 2.82. The van der Waals surface area contributed by atoms with Crippen LogP contribution in [0.15, 0.2) is 12.7 Å². The first kappa shape index (κ1) is 15.2. The lowest BCUT2D eigenvalue weighted by molar-refractivity contribution is -0.142. The van der Waals surface area contributed by atoms with Gasteiger partial charge in [-0.25, -0.2) is 0 Å². The second-order valence-corrected chi connectivity index (χ2v) is 5.41. The molecule has 0 bridgehead atoms. The summed E-state index contributed by atoms with van der Waals surface area (Å²) in [6.45, 7) is 5.99. The van der Waals surface area contributed by atoms with Crippen molar-refractivity contribution >= 4 is 5.97 Å². The summed E-state index contributed by atoms with van der Waals surface area (Å²) in [5, 5.41) is 12.7. The zero-order valence-corrected chi connectivity index (χ0v) is 11.5. The topological polar surface area (TPSA) is 49.3 Å². The molecule has 104 valence electrons. The maximum absolute atomic E-state index is 10.9. The van der Waals surface area contributed by atoms with E-state index in [2.05, 4.69) is 18.8 Å². The Kier molecular flexibility index (Phi) is 7.02. The Balaban J connectivity index is 2.32. The fourth-order valence-electron chi connectivity index (χ4n) is 2.82. The van der Waals surface area contributed by atoms with Crippen molar-refractivity contribution in [3.8, 4) is 0 Å². The SMILES string of the molecule is C=CCCC(CCC)NC1CCC(C(=O)O)CC1. The van der Waals surface area contributed by atoms with Gasteiger partial charge in [0, 0.05) is 12.1 Å². The lowest BCUT2D eigenvalue weighted by Crippen LogP contribution is -2.41. The van der Waals surface area contributed by atoms with E-state index in [-0.39, 0.29) is 5.92 Å². The molecule has 0 aromatic rings. The Morgan fingerprint density at radius 1 is 1.39 bits per heavy atom. The predicted octanol–water partition coefficient (Wildman–Crippen LogP) is 3.35. The molecular formula is C15H27NO2. The summed E-state index contributed by atoms with van der Waals surface area (Å²) in [6, 6.07) is 1.08. The third-order valence-corrected chi connectivity index (χ3v) is 3.90. The number of rotatable bonds is 8. The van der Waals surface area contributed by atoms with Crippen molar-refractivity contribution in [1.82, 2.24) is 5.32 Å². The Bertz CT molecular complexity index is 257. The molecule has 0 aromatic heterocycles. The van der Waals surface area contributed by atoms with Crippen molar-refractivity contribution in [2.75, 3.05) is 0 Å². The highest BCUT2D eigenvalue weighted by molar-refractivity contribution is 5.70. The van der Waals surface area contributed by atoms with E-state index < -0.39 is 5.97 Å². The standard InChI is InChI=1S/C15H27NO2/c1-3-5-7-13(6-4-2)16-14-10-8-12(9-11-14)15(17)18/h3,12-14,16H,1,4-11H2,2H3,(H,17,18). The molecule has 0 spiro atoms. The molecule has 18 heavy (non-hydrogen) atoms. The molecular weight excluding hydrogens is 226 g/mol. The van der Waals surface area contributed by atoms with Gasteiger partial charge in [0.1, 0.15) is 0 Å². The van der Waals surface area contributed by atoms with E-state index in [9.17, 15) is 4.79 Å². The Morgan fingerprint density at radius 3 is 2.56 bits per heavy atom. The molecule has 1 rings (SSSR count). The number of hydrogen-bond donors (Lipinski definition) is 2. The van der Waals surface area contributed by atoms with Crippen LogP contribution in [0.1, 0.15) is 58.3 Å². The van der Waals surface area contributed by atoms with Crippen LogP contribution in [0, 0.1) is 5.92 Å². The quantitative estimate of drug-likeness (QED) is 0.652. The van der Waals surface area contributed by atoms with E-state index in [0.29, 0.717) is 12.1 Å². The van der Waals surface area contributed by atoms with Gasteiger partial charge in [0.05, 0.1) is 5.92 Å². The lowest BCUT2D eigenvalue weighted by atomic mass is 9.85. The van der Waals surface area contributed by atoms with Gasteiger partial charge in [-0.05, 0) is 44.9 Å². The zero-order chi connectivity index (χ0) is 13.4. The summed E-state index contributed by atoms with van der Waals surface area (Å²) in [5.74, 6) is -0.730. The predicted molar refractivity (Wildman–Crippen MR) is 74.6 cm³/mol. The number of carbonyl (C=O) groups is 1. The van der Waals surface area contributed by atoms with Gasteiger partial charge in [-0.1, -0.05) is 19.4 Å². The van der Waals surface area contributed by atoms with E-state index >= 15 is 0 Å². The summed E-state index contributed by atoms with van der Waals surface area (Å²) in [6.07, 6.45) is 10.2. The maximum Gasteiger partial charge on any atom is 0.306 e. The molecule has 0 saturated heterocycles. The minimum Gasteiger partial charge on any atom is -0.481 e. The van der Waals surface area contributed by atoms with Crippen LogP contribution in [0.3, 0.4) is 0 Å². The first-order valence-corrected chi connectivity index (χ1v) is 7.27. The van der Waals surface area contributed by atoms with Crippen LogP contribution in [0.2, 0.25) is 0 Å². The molecule has 0 radical (unpaired) electrons. The molecule has 2 N–H and O–H groups in total. The van der Waals surface area contributed by atoms with Gasteiger partial charge in [0.15, 0.2) is 0 Å². The minimum atomic E-state index is -0.620. The fraction of sp³-hybridized carbons (Fsp3) is 0.800. The molecule has 3 heteroatoms. The Morgan fingerprint density at radius 2 is 2.06 bits per heavy atom. The van der Waals surface area contributed by atoms with Gasteiger partial charge in [-0.3, -0.25) is 4.79 Å². The zero-order valence-electron chi connectivity index (χ0n) is 11.5. The number of nitrogens with one attached hydrogen (secondary N) is 1. The average Bonchev–Trinajstić information content (AvgIpc) is 2.37. The van der Waals surface area contributed by atoms with Crippen LogP contribution >= 0.6 is 0 Å². The number of carboxylic acids is 1. The van der Waals surface area contributed by atoms with Crippen LogP contribution in [-0.4, -0.2) is 23.2 Å². The third-order valence-electron chi connectivity index (χ3n) is 3.90. The molecule has 0 heterocycles. The summed E-state index contributed by atoms with van der Waals surface area (Å²) in [4.78, 5) is 10.9. The number of carboxylic acid groups (broad SMARTS) is 1. The van der Waals surface area contributed by atoms with E-state index in [0.717, 1.165) is 38.5 Å². The molecule has 1 atom stereocenters. The Labute approximate surface area is 111 Å². The first-order chi connectivity index (χ1) is 8.67. The van der Waals surface area contributed by atoms with Crippen LogP contribution in [0.5, 0.6) is 0 Å². The molecule has 0 amide bonds. The molecule has 3 nitrogen and oxygen atoms in total. The summed E-state index contributed by atoms with van der Waals surface area (Å²) in [7, 11) is 0. The van der Waals surface area contributed by atoms with E-state index in [1.165, 1.54) is 12.8 Å². The molecule has 1 fully saturated rings. The Hall–Kier alpha value is -0.830. The number of allylic oxidation sites excluding steroid dienone is 1. The van der Waals surface area contributed by atoms with E-state index in [1.54, 1.807) is 0 Å². The van der Waals surface area contributed by atoms with Gasteiger partial charge in [-0.15, -0.1) is 6.58 Å². The second kappa shape index (κ2) is 8.30. The minimum absolute atomic E-state index is 0.110. The molecule has 0 aliphatic heterocycles. The first-order valence-electron chi connectivity index (χ1n) is 7.27. The van der Waals surface area contributed by atoms with Gasteiger partial charge in [0.25, 0.3) is 0 Å². The van der Waals surface area contributed by atoms with Crippen molar-refractivity contribution in [2.24, 2.45) is 5.92 Å². The highest BCUT2D eigenvalue weighted by Gasteiger charge is 2.26. The summed E-state index contributed by atoms with van der Waals surface area (Å²) >= 11 is 0. The van der Waals surface area contributed by atoms with Gasteiger partial charge in [0.2, 0.25) is 0 Å². The van der Waals surface area contributed by atoms with Crippen molar-refractivity contribution in [3.63, 3.8) is 0 Å². The monoisotopic (exact) mass is 253 g/mol. The van der Waals surface area contributed by atoms with Crippen molar-refractivity contribution in [3.05, 3.63) is 12.7 Å². The molecule has 1 unspecified atom stereocenters. The van der Waals surface area contributed by atoms with Crippen LogP contribution in [-0.2, 0) is 4.79 Å². The number of aliphatic carboxylic acids is 1. The molecule has 1 aliphatic carbocycles. The molecule has 0 aromatic carbocycles. The van der Waals surface area contributed by atoms with Crippen LogP contribution in [0.4, 0.5) is 0 Å². The smallest absolute Gasteiger partial charge is 0.306 e. The highest BCUT2D eigenvalue weighted by Crippen LogP contribution is 2.25. The summed E-state index contributed by atoms with van der Waals surface area (Å²) < 4.78 is 0. The van der Waals surface area contributed by atoms with Crippen LogP contribution < -0.4 is 5.32 Å². The van der Waals surface area contributed by atoms with Gasteiger partial charge in [-0.2, -0.15) is 0 Å². The average molecular weight is 253 g/mol. The van der Waals surface area contributed by atoms with Crippen molar-refractivity contribution in [1.29, 1.82) is 0 Å². The lowest BCUT2D eigenvalue weighted by Gasteiger charge is -2.30. The van der Waals surface area contributed by atoms with Gasteiger partial charge >= 0.3 is 5.97 Å². The highest BCUT2D eigenvalue weighted by atomic mass is 16.4. The second-order valence-electron chi connectivity index (χ2n) is 5.41. The van der Waals surface area contributed by atoms with E-state index in [4.69, 9.17) is 5.11 Å².